The van der Waals surface area contributed by atoms with Crippen LogP contribution in [0.25, 0.3) is 0 Å². The maximum absolute atomic E-state index is 11.9. The van der Waals surface area contributed by atoms with Gasteiger partial charge in [0.1, 0.15) is 0 Å². The number of rotatable bonds is 8. The Morgan fingerprint density at radius 1 is 1.00 bits per heavy atom. The largest absolute Gasteiger partial charge is 0.459 e. The van der Waals surface area contributed by atoms with Crippen molar-refractivity contribution in [2.75, 3.05) is 21.9 Å². The molecule has 2 aromatic carbocycles. The van der Waals surface area contributed by atoms with E-state index in [0.29, 0.717) is 16.6 Å². The lowest BCUT2D eigenvalue weighted by atomic mass is 10.2. The summed E-state index contributed by atoms with van der Waals surface area (Å²) in [4.78, 5) is 14.9. The third-order valence-electron chi connectivity index (χ3n) is 3.33. The van der Waals surface area contributed by atoms with Crippen molar-refractivity contribution < 1.29 is 9.21 Å². The van der Waals surface area contributed by atoms with E-state index < -0.39 is 0 Å². The molecule has 4 N–H and O–H groups in total. The summed E-state index contributed by atoms with van der Waals surface area (Å²) < 4.78 is 5.06. The number of hydrogen-bond acceptors (Lipinski definition) is 6. The molecule has 26 heavy (non-hydrogen) atoms. The molecule has 0 aliphatic heterocycles. The van der Waals surface area contributed by atoms with Gasteiger partial charge in [0.15, 0.2) is 5.76 Å². The Balaban J connectivity index is 1.38. The van der Waals surface area contributed by atoms with E-state index in [9.17, 15) is 4.79 Å². The Hall–Kier alpha value is -2.61. The van der Waals surface area contributed by atoms with Crippen molar-refractivity contribution in [2.45, 2.75) is 0 Å². The minimum absolute atomic E-state index is 0.275. The fourth-order valence-corrected chi connectivity index (χ4v) is 2.78. The van der Waals surface area contributed by atoms with E-state index in [1.807, 2.05) is 48.5 Å². The molecular weight excluding hydrogens is 372 g/mol. The first-order chi connectivity index (χ1) is 12.7. The second kappa shape index (κ2) is 9.19. The lowest BCUT2D eigenvalue weighted by Gasteiger charge is -2.10. The van der Waals surface area contributed by atoms with Crippen LogP contribution in [-0.2, 0) is 0 Å². The summed E-state index contributed by atoms with van der Waals surface area (Å²) in [5.74, 6) is 0.649. The van der Waals surface area contributed by atoms with Crippen molar-refractivity contribution in [3.8, 4) is 0 Å². The fourth-order valence-electron chi connectivity index (χ4n) is 2.09. The van der Waals surface area contributed by atoms with E-state index in [0.717, 1.165) is 11.4 Å². The molecule has 6 nitrogen and oxygen atoms in total. The minimum atomic E-state index is -0.275. The normalized spacial score (nSPS) is 10.3. The molecule has 0 unspecified atom stereocenters. The lowest BCUT2D eigenvalue weighted by Crippen LogP contribution is -2.15. The minimum Gasteiger partial charge on any atom is -0.459 e. The number of nitrogens with one attached hydrogen (secondary N) is 4. The van der Waals surface area contributed by atoms with E-state index >= 15 is 0 Å². The van der Waals surface area contributed by atoms with Gasteiger partial charge in [0, 0.05) is 16.4 Å². The highest BCUT2D eigenvalue weighted by molar-refractivity contribution is 7.97. The van der Waals surface area contributed by atoms with Gasteiger partial charge in [-0.25, -0.2) is 0 Å². The summed E-state index contributed by atoms with van der Waals surface area (Å²) in [6, 6.07) is 18.2. The molecular formula is C18H17ClN4O2S. The van der Waals surface area contributed by atoms with Crippen LogP contribution in [0.15, 0.2) is 71.3 Å². The lowest BCUT2D eigenvalue weighted by molar-refractivity contribution is 0.0996. The van der Waals surface area contributed by atoms with Gasteiger partial charge < -0.3 is 20.5 Å². The molecule has 0 aliphatic rings. The van der Waals surface area contributed by atoms with Gasteiger partial charge in [-0.1, -0.05) is 17.7 Å². The quantitative estimate of drug-likeness (QED) is 0.192. The first-order valence-corrected chi connectivity index (χ1v) is 9.14. The van der Waals surface area contributed by atoms with Gasteiger partial charge in [0.2, 0.25) is 0 Å². The van der Waals surface area contributed by atoms with Gasteiger partial charge in [-0.3, -0.25) is 4.79 Å². The number of carbonyl (C=O) groups excluding carboxylic acids is 1. The molecule has 0 saturated carbocycles. The van der Waals surface area contributed by atoms with E-state index in [1.54, 1.807) is 12.1 Å². The first-order valence-electron chi connectivity index (χ1n) is 7.78. The van der Waals surface area contributed by atoms with E-state index in [-0.39, 0.29) is 11.7 Å². The van der Waals surface area contributed by atoms with E-state index in [1.165, 1.54) is 18.2 Å². The van der Waals surface area contributed by atoms with Crippen LogP contribution in [0.3, 0.4) is 0 Å². The van der Waals surface area contributed by atoms with Crippen LogP contribution < -0.4 is 20.9 Å². The summed E-state index contributed by atoms with van der Waals surface area (Å²) in [5.41, 5.74) is 5.58. The number of amides is 1. The highest BCUT2D eigenvalue weighted by Crippen LogP contribution is 2.16. The Kier molecular flexibility index (Phi) is 6.43. The van der Waals surface area contributed by atoms with Crippen LogP contribution in [0.2, 0.25) is 5.02 Å². The number of halogens is 1. The zero-order valence-electron chi connectivity index (χ0n) is 13.7. The third-order valence-corrected chi connectivity index (χ3v) is 4.10. The molecule has 8 heteroatoms. The van der Waals surface area contributed by atoms with Crippen molar-refractivity contribution in [3.63, 3.8) is 0 Å². The van der Waals surface area contributed by atoms with Gasteiger partial charge in [-0.2, -0.15) is 4.83 Å². The average Bonchev–Trinajstić information content (AvgIpc) is 3.18. The number of benzene rings is 2. The highest BCUT2D eigenvalue weighted by atomic mass is 35.5. The van der Waals surface area contributed by atoms with Gasteiger partial charge in [0.25, 0.3) is 5.91 Å². The Labute approximate surface area is 160 Å². The average molecular weight is 389 g/mol. The third kappa shape index (κ3) is 5.45. The van der Waals surface area contributed by atoms with Gasteiger partial charge in [0.05, 0.1) is 17.8 Å². The molecule has 0 spiro atoms. The van der Waals surface area contributed by atoms with Crippen LogP contribution in [-0.4, -0.2) is 11.8 Å². The molecule has 3 rings (SSSR count). The van der Waals surface area contributed by atoms with Crippen molar-refractivity contribution in [1.29, 1.82) is 0 Å². The second-order valence-electron chi connectivity index (χ2n) is 5.21. The Morgan fingerprint density at radius 2 is 1.81 bits per heavy atom. The smallest absolute Gasteiger partial charge is 0.291 e. The molecule has 134 valence electrons. The number of hydrazine groups is 1. The van der Waals surface area contributed by atoms with Crippen molar-refractivity contribution in [3.05, 3.63) is 77.7 Å². The molecule has 0 aliphatic carbocycles. The van der Waals surface area contributed by atoms with Crippen LogP contribution in [0.4, 0.5) is 17.1 Å². The number of furan rings is 1. The van der Waals surface area contributed by atoms with Crippen LogP contribution >= 0.6 is 23.5 Å². The maximum atomic E-state index is 11.9. The molecule has 1 amide bonds. The SMILES string of the molecule is O=C(Nc1ccc(NCSNNc2cccc(Cl)c2)cc1)c1ccco1. The van der Waals surface area contributed by atoms with Crippen LogP contribution in [0.5, 0.6) is 0 Å². The zero-order chi connectivity index (χ0) is 18.2. The first kappa shape index (κ1) is 18.2. The standard InChI is InChI=1S/C18H17ClN4O2S/c19-13-3-1-4-16(11-13)22-23-26-12-20-14-6-8-15(9-7-14)21-18(24)17-5-2-10-25-17/h1-11,20,22-23H,12H2,(H,21,24). The molecule has 0 atom stereocenters. The molecule has 3 aromatic rings. The predicted molar refractivity (Wildman–Crippen MR) is 107 cm³/mol. The van der Waals surface area contributed by atoms with Gasteiger partial charge in [-0.15, -0.1) is 0 Å². The molecule has 1 aromatic heterocycles. The zero-order valence-corrected chi connectivity index (χ0v) is 15.2. The summed E-state index contributed by atoms with van der Waals surface area (Å²) in [7, 11) is 0. The molecule has 0 fully saturated rings. The van der Waals surface area contributed by atoms with Crippen LogP contribution in [0, 0.1) is 0 Å². The predicted octanol–water partition coefficient (Wildman–Crippen LogP) is 4.82. The summed E-state index contributed by atoms with van der Waals surface area (Å²) in [6.07, 6.45) is 1.47. The van der Waals surface area contributed by atoms with E-state index in [2.05, 4.69) is 20.9 Å². The Bertz CT molecular complexity index is 841. The van der Waals surface area contributed by atoms with Crippen molar-refractivity contribution in [2.24, 2.45) is 0 Å². The Morgan fingerprint density at radius 3 is 2.54 bits per heavy atom. The summed E-state index contributed by atoms with van der Waals surface area (Å²) in [6.45, 7) is 0. The number of hydrogen-bond donors (Lipinski definition) is 4. The molecule has 1 heterocycles. The second-order valence-corrected chi connectivity index (χ2v) is 6.43. The van der Waals surface area contributed by atoms with Crippen LogP contribution in [0.1, 0.15) is 10.6 Å². The maximum Gasteiger partial charge on any atom is 0.291 e. The molecule has 0 bridgehead atoms. The number of carbonyl (C=O) groups is 1. The van der Waals surface area contributed by atoms with Crippen molar-refractivity contribution in [1.82, 2.24) is 4.83 Å². The molecule has 0 saturated heterocycles. The van der Waals surface area contributed by atoms with Crippen molar-refractivity contribution >= 4 is 46.5 Å². The van der Waals surface area contributed by atoms with Gasteiger partial charge in [-0.05, 0) is 66.5 Å². The topological polar surface area (TPSA) is 78.3 Å². The fraction of sp³-hybridized carbons (Fsp3) is 0.0556. The monoisotopic (exact) mass is 388 g/mol. The highest BCUT2D eigenvalue weighted by Gasteiger charge is 2.08. The van der Waals surface area contributed by atoms with E-state index in [4.69, 9.17) is 16.0 Å². The number of anilines is 3. The summed E-state index contributed by atoms with van der Waals surface area (Å²) in [5, 5.41) is 6.71. The molecule has 0 radical (unpaired) electrons. The van der Waals surface area contributed by atoms with Gasteiger partial charge >= 0.3 is 0 Å². The summed E-state index contributed by atoms with van der Waals surface area (Å²) >= 11 is 7.38.